The zero-order chi connectivity index (χ0) is 13.2. The Morgan fingerprint density at radius 2 is 2.33 bits per heavy atom. The molecule has 0 bridgehead atoms. The van der Waals surface area contributed by atoms with Gasteiger partial charge in [-0.05, 0) is 38.8 Å². The number of amides is 1. The minimum Gasteiger partial charge on any atom is -0.316 e. The quantitative estimate of drug-likeness (QED) is 0.764. The SMILES string of the molecule is Cc1cn[nH]c1NC(=O)C(C)(C)C1CCCNC1. The van der Waals surface area contributed by atoms with Gasteiger partial charge in [0.15, 0.2) is 0 Å². The second-order valence-corrected chi connectivity index (χ2v) is 5.65. The number of piperidine rings is 1. The summed E-state index contributed by atoms with van der Waals surface area (Å²) in [7, 11) is 0. The molecule has 5 heteroatoms. The molecule has 0 saturated carbocycles. The van der Waals surface area contributed by atoms with Gasteiger partial charge >= 0.3 is 0 Å². The molecule has 1 aromatic rings. The first-order chi connectivity index (χ1) is 8.51. The lowest BCUT2D eigenvalue weighted by Crippen LogP contribution is -2.44. The minimum absolute atomic E-state index is 0.0588. The molecule has 2 heterocycles. The Hall–Kier alpha value is -1.36. The highest BCUT2D eigenvalue weighted by Crippen LogP contribution is 2.33. The van der Waals surface area contributed by atoms with E-state index in [0.29, 0.717) is 11.7 Å². The zero-order valence-electron chi connectivity index (χ0n) is 11.3. The van der Waals surface area contributed by atoms with Gasteiger partial charge in [-0.3, -0.25) is 9.89 Å². The first-order valence-corrected chi connectivity index (χ1v) is 6.54. The Labute approximate surface area is 108 Å². The summed E-state index contributed by atoms with van der Waals surface area (Å²) < 4.78 is 0. The Kier molecular flexibility index (Phi) is 3.71. The number of nitrogens with zero attached hydrogens (tertiary/aromatic N) is 1. The molecule has 1 amide bonds. The van der Waals surface area contributed by atoms with E-state index in [2.05, 4.69) is 20.8 Å². The molecule has 5 nitrogen and oxygen atoms in total. The number of hydrogen-bond acceptors (Lipinski definition) is 3. The first-order valence-electron chi connectivity index (χ1n) is 6.54. The van der Waals surface area contributed by atoms with Gasteiger partial charge in [0.05, 0.1) is 6.20 Å². The second-order valence-electron chi connectivity index (χ2n) is 5.65. The Bertz CT molecular complexity index is 418. The van der Waals surface area contributed by atoms with Gasteiger partial charge < -0.3 is 10.6 Å². The number of anilines is 1. The minimum atomic E-state index is -0.370. The van der Waals surface area contributed by atoms with Crippen molar-refractivity contribution < 1.29 is 4.79 Å². The molecule has 3 N–H and O–H groups in total. The highest BCUT2D eigenvalue weighted by Gasteiger charge is 2.37. The van der Waals surface area contributed by atoms with Crippen LogP contribution in [-0.4, -0.2) is 29.2 Å². The number of aromatic amines is 1. The molecule has 0 aromatic carbocycles. The molecular formula is C13H22N4O. The fourth-order valence-electron chi connectivity index (χ4n) is 2.40. The molecule has 1 atom stereocenters. The average molecular weight is 250 g/mol. The largest absolute Gasteiger partial charge is 0.316 e. The molecule has 1 fully saturated rings. The maximum absolute atomic E-state index is 12.4. The monoisotopic (exact) mass is 250 g/mol. The number of carbonyl (C=O) groups excluding carboxylic acids is 1. The van der Waals surface area contributed by atoms with E-state index >= 15 is 0 Å². The third kappa shape index (κ3) is 2.56. The lowest BCUT2D eigenvalue weighted by atomic mass is 9.74. The normalized spacial score (nSPS) is 20.7. The topological polar surface area (TPSA) is 69.8 Å². The summed E-state index contributed by atoms with van der Waals surface area (Å²) in [4.78, 5) is 12.4. The fourth-order valence-corrected chi connectivity index (χ4v) is 2.40. The lowest BCUT2D eigenvalue weighted by molar-refractivity contribution is -0.127. The van der Waals surface area contributed by atoms with Crippen molar-refractivity contribution in [3.05, 3.63) is 11.8 Å². The van der Waals surface area contributed by atoms with Crippen LogP contribution in [0.4, 0.5) is 5.82 Å². The van der Waals surface area contributed by atoms with Crippen LogP contribution in [-0.2, 0) is 4.79 Å². The Balaban J connectivity index is 2.04. The van der Waals surface area contributed by atoms with Gasteiger partial charge in [-0.1, -0.05) is 13.8 Å². The summed E-state index contributed by atoms with van der Waals surface area (Å²) in [5, 5.41) is 13.0. The summed E-state index contributed by atoms with van der Waals surface area (Å²) >= 11 is 0. The van der Waals surface area contributed by atoms with Crippen LogP contribution in [0.5, 0.6) is 0 Å². The van der Waals surface area contributed by atoms with Crippen LogP contribution in [0, 0.1) is 18.3 Å². The number of aromatic nitrogens is 2. The summed E-state index contributed by atoms with van der Waals surface area (Å²) in [6, 6.07) is 0. The lowest BCUT2D eigenvalue weighted by Gasteiger charge is -2.35. The maximum atomic E-state index is 12.4. The Morgan fingerprint density at radius 3 is 2.89 bits per heavy atom. The van der Waals surface area contributed by atoms with E-state index in [1.807, 2.05) is 20.8 Å². The number of nitrogens with one attached hydrogen (secondary N) is 3. The number of hydrogen-bond donors (Lipinski definition) is 3. The third-order valence-corrected chi connectivity index (χ3v) is 3.97. The number of aryl methyl sites for hydroxylation is 1. The molecule has 0 aliphatic carbocycles. The highest BCUT2D eigenvalue weighted by molar-refractivity contribution is 5.94. The van der Waals surface area contributed by atoms with Crippen LogP contribution < -0.4 is 10.6 Å². The average Bonchev–Trinajstić information content (AvgIpc) is 2.76. The molecule has 100 valence electrons. The van der Waals surface area contributed by atoms with Crippen LogP contribution in [0.3, 0.4) is 0 Å². The van der Waals surface area contributed by atoms with Gasteiger partial charge in [-0.2, -0.15) is 5.10 Å². The van der Waals surface area contributed by atoms with E-state index in [4.69, 9.17) is 0 Å². The molecule has 2 rings (SSSR count). The molecule has 1 aliphatic rings. The molecule has 1 aromatic heterocycles. The van der Waals surface area contributed by atoms with E-state index < -0.39 is 0 Å². The smallest absolute Gasteiger partial charge is 0.231 e. The van der Waals surface area contributed by atoms with Crippen molar-refractivity contribution in [1.82, 2.24) is 15.5 Å². The van der Waals surface area contributed by atoms with E-state index in [1.54, 1.807) is 6.20 Å². The van der Waals surface area contributed by atoms with Crippen molar-refractivity contribution in [2.24, 2.45) is 11.3 Å². The van der Waals surface area contributed by atoms with E-state index in [1.165, 1.54) is 0 Å². The molecule has 1 unspecified atom stereocenters. The van der Waals surface area contributed by atoms with Crippen LogP contribution in [0.25, 0.3) is 0 Å². The van der Waals surface area contributed by atoms with Gasteiger partial charge in [-0.15, -0.1) is 0 Å². The number of H-pyrrole nitrogens is 1. The molecular weight excluding hydrogens is 228 g/mol. The van der Waals surface area contributed by atoms with Crippen molar-refractivity contribution in [3.63, 3.8) is 0 Å². The van der Waals surface area contributed by atoms with Crippen molar-refractivity contribution in [2.75, 3.05) is 18.4 Å². The second kappa shape index (κ2) is 5.10. The van der Waals surface area contributed by atoms with Crippen LogP contribution in [0.1, 0.15) is 32.3 Å². The van der Waals surface area contributed by atoms with Crippen LogP contribution in [0.15, 0.2) is 6.20 Å². The summed E-state index contributed by atoms with van der Waals surface area (Å²) in [6.07, 6.45) is 3.96. The van der Waals surface area contributed by atoms with Crippen molar-refractivity contribution in [2.45, 2.75) is 33.6 Å². The van der Waals surface area contributed by atoms with E-state index in [9.17, 15) is 4.79 Å². The third-order valence-electron chi connectivity index (χ3n) is 3.97. The van der Waals surface area contributed by atoms with Crippen LogP contribution in [0.2, 0.25) is 0 Å². The molecule has 1 aliphatic heterocycles. The van der Waals surface area contributed by atoms with Crippen LogP contribution >= 0.6 is 0 Å². The number of rotatable bonds is 3. The highest BCUT2D eigenvalue weighted by atomic mass is 16.2. The molecule has 0 spiro atoms. The maximum Gasteiger partial charge on any atom is 0.231 e. The van der Waals surface area contributed by atoms with E-state index in [-0.39, 0.29) is 11.3 Å². The molecule has 18 heavy (non-hydrogen) atoms. The van der Waals surface area contributed by atoms with Gasteiger partial charge in [0.2, 0.25) is 5.91 Å². The van der Waals surface area contributed by atoms with Crippen molar-refractivity contribution in [1.29, 1.82) is 0 Å². The molecule has 1 saturated heterocycles. The van der Waals surface area contributed by atoms with Gasteiger partial charge in [0.1, 0.15) is 5.82 Å². The number of carbonyl (C=O) groups is 1. The van der Waals surface area contributed by atoms with Crippen molar-refractivity contribution in [3.8, 4) is 0 Å². The molecule has 0 radical (unpaired) electrons. The standard InChI is InChI=1S/C13H22N4O/c1-9-7-15-17-11(9)16-12(18)13(2,3)10-5-4-6-14-8-10/h7,10,14H,4-6,8H2,1-3H3,(H2,15,16,17,18). The Morgan fingerprint density at radius 1 is 1.56 bits per heavy atom. The van der Waals surface area contributed by atoms with E-state index in [0.717, 1.165) is 31.5 Å². The van der Waals surface area contributed by atoms with Gasteiger partial charge in [0.25, 0.3) is 0 Å². The summed E-state index contributed by atoms with van der Waals surface area (Å²) in [5.41, 5.74) is 0.589. The predicted octanol–water partition coefficient (Wildman–Crippen LogP) is 1.68. The first kappa shape index (κ1) is 13.1. The van der Waals surface area contributed by atoms with Gasteiger partial charge in [-0.25, -0.2) is 0 Å². The predicted molar refractivity (Wildman–Crippen MR) is 71.3 cm³/mol. The van der Waals surface area contributed by atoms with Gasteiger partial charge in [0, 0.05) is 11.0 Å². The summed E-state index contributed by atoms with van der Waals surface area (Å²) in [5.74, 6) is 1.15. The fraction of sp³-hybridized carbons (Fsp3) is 0.692. The zero-order valence-corrected chi connectivity index (χ0v) is 11.3. The summed E-state index contributed by atoms with van der Waals surface area (Å²) in [6.45, 7) is 7.95. The van der Waals surface area contributed by atoms with Crippen molar-refractivity contribution >= 4 is 11.7 Å².